The van der Waals surface area contributed by atoms with E-state index in [1.165, 1.54) is 17.0 Å². The molecule has 0 saturated carbocycles. The first-order chi connectivity index (χ1) is 15.4. The van der Waals surface area contributed by atoms with Gasteiger partial charge in [0.1, 0.15) is 17.4 Å². The van der Waals surface area contributed by atoms with Gasteiger partial charge in [-0.3, -0.25) is 0 Å². The number of nitrogens with zero attached hydrogens (tertiary/aromatic N) is 3. The number of esters is 3. The first kappa shape index (κ1) is 24.4. The lowest BCUT2D eigenvalue weighted by atomic mass is 10.0. The molecular weight excluding hydrogens is 474 g/mol. The van der Waals surface area contributed by atoms with E-state index in [4.69, 9.17) is 16.3 Å². The molecule has 3 rings (SSSR count). The van der Waals surface area contributed by atoms with Crippen LogP contribution in [-0.4, -0.2) is 53.0 Å². The summed E-state index contributed by atoms with van der Waals surface area (Å²) in [6.45, 7) is 3.44. The van der Waals surface area contributed by atoms with Gasteiger partial charge in [-0.1, -0.05) is 11.6 Å². The zero-order chi connectivity index (χ0) is 24.5. The SMILES string of the molecule is CC(C)OC(=O)C1CCN1c1nnc(-c2cc(Cl)ccc2F)cc1C(=O)OC(=O)C(F)(F)F. The molecule has 1 aromatic heterocycles. The fourth-order valence-corrected chi connectivity index (χ4v) is 3.14. The van der Waals surface area contributed by atoms with Gasteiger partial charge in [-0.25, -0.2) is 18.8 Å². The molecule has 176 valence electrons. The number of hydrogen-bond acceptors (Lipinski definition) is 8. The Kier molecular flexibility index (Phi) is 6.86. The minimum atomic E-state index is -5.43. The van der Waals surface area contributed by atoms with E-state index < -0.39 is 47.6 Å². The zero-order valence-corrected chi connectivity index (χ0v) is 17.9. The Balaban J connectivity index is 2.04. The molecule has 1 saturated heterocycles. The maximum absolute atomic E-state index is 14.3. The Bertz CT molecular complexity index is 1110. The van der Waals surface area contributed by atoms with E-state index in [1.807, 2.05) is 0 Å². The lowest BCUT2D eigenvalue weighted by Gasteiger charge is -2.40. The maximum atomic E-state index is 14.3. The second kappa shape index (κ2) is 9.30. The number of benzene rings is 1. The van der Waals surface area contributed by atoms with Gasteiger partial charge in [0, 0.05) is 17.1 Å². The van der Waals surface area contributed by atoms with Crippen molar-refractivity contribution in [3.05, 3.63) is 40.7 Å². The van der Waals surface area contributed by atoms with Crippen LogP contribution in [0.1, 0.15) is 30.6 Å². The molecule has 1 aliphatic rings. The summed E-state index contributed by atoms with van der Waals surface area (Å²) in [7, 11) is 0. The Hall–Kier alpha value is -3.28. The van der Waals surface area contributed by atoms with Crippen LogP contribution in [0.15, 0.2) is 24.3 Å². The second-order valence-electron chi connectivity index (χ2n) is 7.25. The van der Waals surface area contributed by atoms with Crippen LogP contribution in [0.3, 0.4) is 0 Å². The molecule has 2 heterocycles. The van der Waals surface area contributed by atoms with Crippen molar-refractivity contribution in [2.45, 2.75) is 38.6 Å². The van der Waals surface area contributed by atoms with E-state index in [0.29, 0.717) is 6.42 Å². The highest BCUT2D eigenvalue weighted by molar-refractivity contribution is 6.30. The molecule has 0 N–H and O–H groups in total. The minimum absolute atomic E-state index is 0.118. The van der Waals surface area contributed by atoms with Gasteiger partial charge in [0.2, 0.25) is 0 Å². The number of alkyl halides is 3. The van der Waals surface area contributed by atoms with Crippen LogP contribution in [0, 0.1) is 5.82 Å². The summed E-state index contributed by atoms with van der Waals surface area (Å²) < 4.78 is 61.1. The van der Waals surface area contributed by atoms with E-state index in [9.17, 15) is 31.9 Å². The first-order valence-corrected chi connectivity index (χ1v) is 9.90. The largest absolute Gasteiger partial charge is 0.491 e. The highest BCUT2D eigenvalue weighted by Gasteiger charge is 2.44. The topological polar surface area (TPSA) is 98.7 Å². The molecule has 1 aliphatic heterocycles. The van der Waals surface area contributed by atoms with Crippen molar-refractivity contribution in [1.82, 2.24) is 10.2 Å². The lowest BCUT2D eigenvalue weighted by Crippen LogP contribution is -2.54. The van der Waals surface area contributed by atoms with Crippen molar-refractivity contribution in [3.63, 3.8) is 0 Å². The predicted octanol–water partition coefficient (Wildman–Crippen LogP) is 3.71. The van der Waals surface area contributed by atoms with Crippen molar-refractivity contribution >= 4 is 35.3 Å². The number of halogens is 5. The van der Waals surface area contributed by atoms with Crippen molar-refractivity contribution in [2.24, 2.45) is 0 Å². The molecule has 1 unspecified atom stereocenters. The summed E-state index contributed by atoms with van der Waals surface area (Å²) in [5, 5.41) is 7.76. The van der Waals surface area contributed by atoms with Crippen LogP contribution < -0.4 is 4.90 Å². The van der Waals surface area contributed by atoms with Crippen molar-refractivity contribution in [3.8, 4) is 11.3 Å². The van der Waals surface area contributed by atoms with Gasteiger partial charge in [-0.05, 0) is 44.5 Å². The average molecular weight is 490 g/mol. The third kappa shape index (κ3) is 5.38. The summed E-state index contributed by atoms with van der Waals surface area (Å²) in [5.41, 5.74) is -1.08. The molecule has 8 nitrogen and oxygen atoms in total. The molecule has 1 fully saturated rings. The maximum Gasteiger partial charge on any atom is 0.491 e. The van der Waals surface area contributed by atoms with Gasteiger partial charge in [0.15, 0.2) is 5.82 Å². The summed E-state index contributed by atoms with van der Waals surface area (Å²) in [6, 6.07) is 3.46. The monoisotopic (exact) mass is 489 g/mol. The van der Waals surface area contributed by atoms with Gasteiger partial charge < -0.3 is 14.4 Å². The number of rotatable bonds is 5. The average Bonchev–Trinajstić information content (AvgIpc) is 2.67. The van der Waals surface area contributed by atoms with Crippen LogP contribution in [0.5, 0.6) is 0 Å². The molecule has 0 spiro atoms. The van der Waals surface area contributed by atoms with Crippen LogP contribution in [0.4, 0.5) is 23.4 Å². The standard InChI is InChI=1S/C20H16ClF4N3O5/c1-9(2)32-18(30)15-5-6-28(15)16-12(17(29)33-19(31)20(23,24)25)8-14(26-27-16)11-7-10(21)3-4-13(11)22/h3-4,7-9,15H,5-6H2,1-2H3. The smallest absolute Gasteiger partial charge is 0.461 e. The van der Waals surface area contributed by atoms with E-state index >= 15 is 0 Å². The fraction of sp³-hybridized carbons (Fsp3) is 0.350. The number of anilines is 1. The number of hydrogen-bond donors (Lipinski definition) is 0. The zero-order valence-electron chi connectivity index (χ0n) is 17.2. The molecule has 33 heavy (non-hydrogen) atoms. The molecule has 13 heteroatoms. The van der Waals surface area contributed by atoms with Crippen LogP contribution in [0.25, 0.3) is 11.3 Å². The molecule has 1 aromatic carbocycles. The molecule has 0 radical (unpaired) electrons. The van der Waals surface area contributed by atoms with Crippen LogP contribution in [-0.2, 0) is 19.1 Å². The highest BCUT2D eigenvalue weighted by atomic mass is 35.5. The third-order valence-corrected chi connectivity index (χ3v) is 4.77. The van der Waals surface area contributed by atoms with E-state index in [1.54, 1.807) is 13.8 Å². The van der Waals surface area contributed by atoms with Crippen molar-refractivity contribution < 1.29 is 41.4 Å². The summed E-state index contributed by atoms with van der Waals surface area (Å²) in [4.78, 5) is 37.2. The molecule has 0 bridgehead atoms. The lowest BCUT2D eigenvalue weighted by molar-refractivity contribution is -0.193. The second-order valence-corrected chi connectivity index (χ2v) is 7.69. The molecular formula is C20H16ClF4N3O5. The summed E-state index contributed by atoms with van der Waals surface area (Å²) in [5.74, 6) is -6.21. The summed E-state index contributed by atoms with van der Waals surface area (Å²) >= 11 is 5.86. The van der Waals surface area contributed by atoms with E-state index in [2.05, 4.69) is 14.9 Å². The Morgan fingerprint density at radius 2 is 1.88 bits per heavy atom. The van der Waals surface area contributed by atoms with Gasteiger partial charge in [0.05, 0.1) is 11.8 Å². The number of aromatic nitrogens is 2. The van der Waals surface area contributed by atoms with Gasteiger partial charge in [-0.15, -0.1) is 10.2 Å². The van der Waals surface area contributed by atoms with E-state index in [0.717, 1.165) is 12.1 Å². The number of ether oxygens (including phenoxy) is 2. The molecule has 0 amide bonds. The normalized spacial score (nSPS) is 15.8. The third-order valence-electron chi connectivity index (χ3n) is 4.53. The van der Waals surface area contributed by atoms with Crippen molar-refractivity contribution in [1.29, 1.82) is 0 Å². The number of carbonyl (C=O) groups is 3. The van der Waals surface area contributed by atoms with Gasteiger partial charge in [-0.2, -0.15) is 13.2 Å². The predicted molar refractivity (Wildman–Crippen MR) is 106 cm³/mol. The quantitative estimate of drug-likeness (QED) is 0.356. The van der Waals surface area contributed by atoms with Crippen LogP contribution >= 0.6 is 11.6 Å². The highest BCUT2D eigenvalue weighted by Crippen LogP contribution is 2.33. The van der Waals surface area contributed by atoms with Gasteiger partial charge >= 0.3 is 24.1 Å². The Morgan fingerprint density at radius 3 is 2.45 bits per heavy atom. The van der Waals surface area contributed by atoms with E-state index in [-0.39, 0.29) is 28.6 Å². The fourth-order valence-electron chi connectivity index (χ4n) is 2.97. The molecule has 0 aliphatic carbocycles. The summed E-state index contributed by atoms with van der Waals surface area (Å²) in [6.07, 6.45) is -5.56. The Labute approximate surface area is 189 Å². The van der Waals surface area contributed by atoms with Crippen LogP contribution in [0.2, 0.25) is 5.02 Å². The Morgan fingerprint density at radius 1 is 1.18 bits per heavy atom. The van der Waals surface area contributed by atoms with Crippen molar-refractivity contribution in [2.75, 3.05) is 11.4 Å². The van der Waals surface area contributed by atoms with Gasteiger partial charge in [0.25, 0.3) is 0 Å². The molecule has 2 aromatic rings. The minimum Gasteiger partial charge on any atom is -0.461 e. The molecule has 1 atom stereocenters. The number of carbonyl (C=O) groups excluding carboxylic acids is 3. The first-order valence-electron chi connectivity index (χ1n) is 9.52.